The number of nitrogens with one attached hydrogen (secondary N) is 1. The second-order valence-corrected chi connectivity index (χ2v) is 6.62. The summed E-state index contributed by atoms with van der Waals surface area (Å²) in [4.78, 5) is 25.4. The van der Waals surface area contributed by atoms with Gasteiger partial charge in [0.1, 0.15) is 6.61 Å². The predicted octanol–water partition coefficient (Wildman–Crippen LogP) is 3.14. The van der Waals surface area contributed by atoms with Crippen LogP contribution in [0.1, 0.15) is 15.2 Å². The summed E-state index contributed by atoms with van der Waals surface area (Å²) < 4.78 is 5.48. The first-order valence-corrected chi connectivity index (χ1v) is 8.40. The van der Waals surface area contributed by atoms with E-state index in [9.17, 15) is 9.59 Å². The van der Waals surface area contributed by atoms with Crippen molar-refractivity contribution in [2.24, 2.45) is 0 Å². The number of carbonyl (C=O) groups is 2. The smallest absolute Gasteiger partial charge is 0.414 e. The van der Waals surface area contributed by atoms with Crippen LogP contribution >= 0.6 is 22.9 Å². The fourth-order valence-electron chi connectivity index (χ4n) is 2.15. The number of rotatable bonds is 3. The number of hydrogen-bond acceptors (Lipinski definition) is 4. The van der Waals surface area contributed by atoms with Crippen LogP contribution in [0.25, 0.3) is 0 Å². The first kappa shape index (κ1) is 16.4. The standard InChI is InChI=1S/C17H13ClN2O3S/c18-15-8-7-14(24-15)16(21)19-9-1-2-12-3-5-13(6-4-12)20-10-11-23-17(20)22/h3-8H,9-11H2,(H,19,21). The Labute approximate surface area is 148 Å². The predicted molar refractivity (Wildman–Crippen MR) is 93.7 cm³/mol. The van der Waals surface area contributed by atoms with Crippen molar-refractivity contribution in [3.8, 4) is 11.8 Å². The molecule has 1 N–H and O–H groups in total. The molecule has 1 aromatic carbocycles. The van der Waals surface area contributed by atoms with E-state index in [2.05, 4.69) is 17.2 Å². The van der Waals surface area contributed by atoms with E-state index in [1.807, 2.05) is 24.3 Å². The topological polar surface area (TPSA) is 58.6 Å². The van der Waals surface area contributed by atoms with E-state index < -0.39 is 0 Å². The number of anilines is 1. The Morgan fingerprint density at radius 1 is 1.29 bits per heavy atom. The van der Waals surface area contributed by atoms with Crippen LogP contribution in [0, 0.1) is 11.8 Å². The summed E-state index contributed by atoms with van der Waals surface area (Å²) in [7, 11) is 0. The normalized spacial score (nSPS) is 13.2. The van der Waals surface area contributed by atoms with E-state index in [1.54, 1.807) is 17.0 Å². The Morgan fingerprint density at radius 3 is 2.71 bits per heavy atom. The highest BCUT2D eigenvalue weighted by molar-refractivity contribution is 7.17. The maximum absolute atomic E-state index is 11.8. The molecule has 1 aliphatic rings. The molecule has 0 saturated carbocycles. The third-order valence-corrected chi connectivity index (χ3v) is 4.54. The quantitative estimate of drug-likeness (QED) is 0.855. The van der Waals surface area contributed by atoms with Crippen LogP contribution in [-0.4, -0.2) is 31.7 Å². The molecule has 0 unspecified atom stereocenters. The van der Waals surface area contributed by atoms with Gasteiger partial charge in [0.15, 0.2) is 0 Å². The van der Waals surface area contributed by atoms with Crippen LogP contribution in [0.15, 0.2) is 36.4 Å². The van der Waals surface area contributed by atoms with Crippen LogP contribution in [0.4, 0.5) is 10.5 Å². The zero-order valence-corrected chi connectivity index (χ0v) is 14.1. The maximum atomic E-state index is 11.8. The van der Waals surface area contributed by atoms with Crippen LogP contribution in [0.5, 0.6) is 0 Å². The minimum absolute atomic E-state index is 0.191. The molecule has 0 radical (unpaired) electrons. The van der Waals surface area contributed by atoms with E-state index in [1.165, 1.54) is 11.3 Å². The zero-order chi connectivity index (χ0) is 16.9. The van der Waals surface area contributed by atoms with Gasteiger partial charge >= 0.3 is 6.09 Å². The number of hydrogen-bond donors (Lipinski definition) is 1. The molecule has 1 aromatic heterocycles. The van der Waals surface area contributed by atoms with Gasteiger partial charge in [0.05, 0.1) is 22.3 Å². The van der Waals surface area contributed by atoms with Gasteiger partial charge in [0.2, 0.25) is 0 Å². The van der Waals surface area contributed by atoms with E-state index >= 15 is 0 Å². The number of halogens is 1. The summed E-state index contributed by atoms with van der Waals surface area (Å²) in [5.74, 6) is 5.66. The Hall–Kier alpha value is -2.49. The fourth-order valence-corrected chi connectivity index (χ4v) is 3.11. The Morgan fingerprint density at radius 2 is 2.08 bits per heavy atom. The maximum Gasteiger partial charge on any atom is 0.414 e. The van der Waals surface area contributed by atoms with E-state index in [-0.39, 0.29) is 18.5 Å². The van der Waals surface area contributed by atoms with E-state index in [0.29, 0.717) is 22.4 Å². The van der Waals surface area contributed by atoms with Crippen molar-refractivity contribution in [2.75, 3.05) is 24.6 Å². The lowest BCUT2D eigenvalue weighted by Gasteiger charge is -2.11. The number of nitrogens with zero attached hydrogens (tertiary/aromatic N) is 1. The summed E-state index contributed by atoms with van der Waals surface area (Å²) in [6.45, 7) is 1.22. The summed E-state index contributed by atoms with van der Waals surface area (Å²) >= 11 is 7.02. The molecule has 0 atom stereocenters. The van der Waals surface area contributed by atoms with Crippen LogP contribution in [-0.2, 0) is 4.74 Å². The number of ether oxygens (including phenoxy) is 1. The molecule has 3 rings (SSSR count). The average Bonchev–Trinajstić information content (AvgIpc) is 3.20. The SMILES string of the molecule is O=C(NCC#Cc1ccc(N2CCOC2=O)cc1)c1ccc(Cl)s1. The van der Waals surface area contributed by atoms with Gasteiger partial charge in [0.25, 0.3) is 5.91 Å². The van der Waals surface area contributed by atoms with Gasteiger partial charge in [-0.1, -0.05) is 23.4 Å². The largest absolute Gasteiger partial charge is 0.447 e. The van der Waals surface area contributed by atoms with Gasteiger partial charge in [-0.05, 0) is 36.4 Å². The lowest BCUT2D eigenvalue weighted by molar-refractivity contribution is 0.0962. The highest BCUT2D eigenvalue weighted by atomic mass is 35.5. The van der Waals surface area contributed by atoms with E-state index in [4.69, 9.17) is 16.3 Å². The van der Waals surface area contributed by atoms with E-state index in [0.717, 1.165) is 11.3 Å². The minimum atomic E-state index is -0.328. The van der Waals surface area contributed by atoms with Gasteiger partial charge in [-0.2, -0.15) is 0 Å². The van der Waals surface area contributed by atoms with Crippen molar-refractivity contribution >= 4 is 40.6 Å². The van der Waals surface area contributed by atoms with Crippen LogP contribution in [0.3, 0.4) is 0 Å². The molecule has 7 heteroatoms. The molecule has 0 spiro atoms. The third kappa shape index (κ3) is 3.88. The van der Waals surface area contributed by atoms with Crippen LogP contribution in [0.2, 0.25) is 4.34 Å². The summed E-state index contributed by atoms with van der Waals surface area (Å²) in [5.41, 5.74) is 1.59. The summed E-state index contributed by atoms with van der Waals surface area (Å²) in [5, 5.41) is 2.71. The third-order valence-electron chi connectivity index (χ3n) is 3.31. The van der Waals surface area contributed by atoms with Gasteiger partial charge in [0, 0.05) is 11.3 Å². The average molecular weight is 361 g/mol. The van der Waals surface area contributed by atoms with Crippen molar-refractivity contribution in [2.45, 2.75) is 0 Å². The Kier molecular flexibility index (Phi) is 5.04. The molecular weight excluding hydrogens is 348 g/mol. The number of amides is 2. The molecule has 5 nitrogen and oxygen atoms in total. The Balaban J connectivity index is 1.54. The van der Waals surface area contributed by atoms with Gasteiger partial charge in [-0.15, -0.1) is 11.3 Å². The minimum Gasteiger partial charge on any atom is -0.447 e. The molecule has 1 saturated heterocycles. The molecular formula is C17H13ClN2O3S. The summed E-state index contributed by atoms with van der Waals surface area (Å²) in [6, 6.07) is 10.7. The highest BCUT2D eigenvalue weighted by Crippen LogP contribution is 2.21. The molecule has 2 aromatic rings. The first-order valence-electron chi connectivity index (χ1n) is 7.20. The number of cyclic esters (lactones) is 1. The number of carbonyl (C=O) groups excluding carboxylic acids is 2. The lowest BCUT2D eigenvalue weighted by Crippen LogP contribution is -2.23. The molecule has 0 aliphatic carbocycles. The molecule has 122 valence electrons. The van der Waals surface area contributed by atoms with Gasteiger partial charge in [-0.3, -0.25) is 9.69 Å². The molecule has 1 fully saturated rings. The van der Waals surface area contributed by atoms with Crippen LogP contribution < -0.4 is 10.2 Å². The second-order valence-electron chi connectivity index (χ2n) is 4.90. The van der Waals surface area contributed by atoms with Crippen molar-refractivity contribution in [3.63, 3.8) is 0 Å². The Bertz CT molecular complexity index is 820. The zero-order valence-electron chi connectivity index (χ0n) is 12.5. The number of thiophene rings is 1. The molecule has 24 heavy (non-hydrogen) atoms. The first-order chi connectivity index (χ1) is 11.6. The van der Waals surface area contributed by atoms with Crippen molar-refractivity contribution in [1.29, 1.82) is 0 Å². The molecule has 0 bridgehead atoms. The summed E-state index contributed by atoms with van der Waals surface area (Å²) in [6.07, 6.45) is -0.328. The second kappa shape index (κ2) is 7.39. The van der Waals surface area contributed by atoms with Gasteiger partial charge < -0.3 is 10.1 Å². The van der Waals surface area contributed by atoms with Crippen molar-refractivity contribution < 1.29 is 14.3 Å². The molecule has 2 amide bonds. The molecule has 2 heterocycles. The monoisotopic (exact) mass is 360 g/mol. The highest BCUT2D eigenvalue weighted by Gasteiger charge is 2.23. The molecule has 1 aliphatic heterocycles. The van der Waals surface area contributed by atoms with Crippen molar-refractivity contribution in [1.82, 2.24) is 5.32 Å². The van der Waals surface area contributed by atoms with Gasteiger partial charge in [-0.25, -0.2) is 4.79 Å². The number of benzene rings is 1. The lowest BCUT2D eigenvalue weighted by atomic mass is 10.2. The fraction of sp³-hybridized carbons (Fsp3) is 0.176. The van der Waals surface area contributed by atoms with Crippen molar-refractivity contribution in [3.05, 3.63) is 51.2 Å².